The van der Waals surface area contributed by atoms with Crippen LogP contribution in [-0.4, -0.2) is 26.9 Å². The maximum atomic E-state index is 10.8. The number of ether oxygens (including phenoxy) is 1. The van der Waals surface area contributed by atoms with Crippen LogP contribution in [0.15, 0.2) is 18.2 Å². The number of carbonyl (C=O) groups is 1. The molecule has 82 valence electrons. The molecule has 0 amide bonds. The van der Waals surface area contributed by atoms with Crippen molar-refractivity contribution in [1.82, 2.24) is 0 Å². The van der Waals surface area contributed by atoms with Crippen molar-refractivity contribution in [3.8, 4) is 5.75 Å². The summed E-state index contributed by atoms with van der Waals surface area (Å²) < 4.78 is 26.6. The molecule has 0 spiro atoms. The summed E-state index contributed by atoms with van der Waals surface area (Å²) in [6.07, 6.45) is 1.60. The van der Waals surface area contributed by atoms with Gasteiger partial charge in [0.25, 0.3) is 0 Å². The Morgan fingerprint density at radius 1 is 1.47 bits per heavy atom. The molecule has 0 saturated heterocycles. The van der Waals surface area contributed by atoms with Crippen molar-refractivity contribution < 1.29 is 17.9 Å². The van der Waals surface area contributed by atoms with Gasteiger partial charge in [0.2, 0.25) is 0 Å². The largest absolute Gasteiger partial charge is 0.477 e. The quantitative estimate of drug-likeness (QED) is 0.759. The lowest BCUT2D eigenvalue weighted by molar-refractivity contribution is 0.112. The molecule has 0 atom stereocenters. The Bertz CT molecular complexity index is 467. The number of benzene rings is 1. The second-order valence-electron chi connectivity index (χ2n) is 2.99. The van der Waals surface area contributed by atoms with Gasteiger partial charge in [-0.3, -0.25) is 4.79 Å². The highest BCUT2D eigenvalue weighted by Crippen LogP contribution is 2.21. The summed E-state index contributed by atoms with van der Waals surface area (Å²) >= 11 is 5.65. The number of carbonyl (C=O) groups excluding carboxylic acids is 1. The van der Waals surface area contributed by atoms with E-state index in [1.807, 2.05) is 0 Å². The molecular formula is C9H9ClO4S. The van der Waals surface area contributed by atoms with Gasteiger partial charge < -0.3 is 4.74 Å². The lowest BCUT2D eigenvalue weighted by atomic mass is 10.2. The Morgan fingerprint density at radius 3 is 2.67 bits per heavy atom. The predicted octanol–water partition coefficient (Wildman–Crippen LogP) is 1.53. The highest BCUT2D eigenvalue weighted by Gasteiger charge is 2.07. The van der Waals surface area contributed by atoms with Crippen molar-refractivity contribution >= 4 is 27.7 Å². The summed E-state index contributed by atoms with van der Waals surface area (Å²) in [6, 6.07) is 4.38. The van der Waals surface area contributed by atoms with Gasteiger partial charge in [-0.1, -0.05) is 11.6 Å². The molecule has 0 aromatic heterocycles. The van der Waals surface area contributed by atoms with Crippen LogP contribution in [0.5, 0.6) is 5.75 Å². The lowest BCUT2D eigenvalue weighted by Gasteiger charge is -2.06. The monoisotopic (exact) mass is 248 g/mol. The maximum absolute atomic E-state index is 10.8. The van der Waals surface area contributed by atoms with Gasteiger partial charge >= 0.3 is 0 Å². The molecule has 0 fully saturated rings. The summed E-state index contributed by atoms with van der Waals surface area (Å²) in [5.41, 5.74) is 0.228. The summed E-state index contributed by atoms with van der Waals surface area (Å²) in [5, 5.41) is 0.392. The van der Waals surface area contributed by atoms with Crippen LogP contribution in [-0.2, 0) is 9.84 Å². The first-order chi connectivity index (χ1) is 6.92. The van der Waals surface area contributed by atoms with Crippen LogP contribution < -0.4 is 4.74 Å². The number of rotatable bonds is 4. The second-order valence-corrected chi connectivity index (χ2v) is 5.51. The van der Waals surface area contributed by atoms with E-state index in [1.54, 1.807) is 0 Å². The van der Waals surface area contributed by atoms with E-state index < -0.39 is 15.8 Å². The summed E-state index contributed by atoms with van der Waals surface area (Å²) in [5.74, 6) is -0.255. The zero-order valence-corrected chi connectivity index (χ0v) is 9.51. The average molecular weight is 249 g/mol. The Hall–Kier alpha value is -1.07. The average Bonchev–Trinajstić information content (AvgIpc) is 2.14. The first-order valence-electron chi connectivity index (χ1n) is 3.97. The van der Waals surface area contributed by atoms with E-state index in [2.05, 4.69) is 0 Å². The number of halogens is 1. The number of hydrogen-bond donors (Lipinski definition) is 0. The van der Waals surface area contributed by atoms with Gasteiger partial charge in [-0.2, -0.15) is 0 Å². The topological polar surface area (TPSA) is 60.4 Å². The Kier molecular flexibility index (Phi) is 3.71. The van der Waals surface area contributed by atoms with E-state index in [9.17, 15) is 13.2 Å². The van der Waals surface area contributed by atoms with Crippen LogP contribution in [0.2, 0.25) is 5.02 Å². The first kappa shape index (κ1) is 12.0. The number of hydrogen-bond acceptors (Lipinski definition) is 4. The minimum atomic E-state index is -3.23. The maximum Gasteiger partial charge on any atom is 0.188 e. The molecule has 0 aliphatic rings. The fourth-order valence-electron chi connectivity index (χ4n) is 0.913. The minimum Gasteiger partial charge on any atom is -0.477 e. The van der Waals surface area contributed by atoms with Crippen LogP contribution in [0.4, 0.5) is 0 Å². The molecule has 0 aliphatic carbocycles. The van der Waals surface area contributed by atoms with Gasteiger partial charge in [0.05, 0.1) is 5.56 Å². The third kappa shape index (κ3) is 3.89. The molecule has 4 nitrogen and oxygen atoms in total. The van der Waals surface area contributed by atoms with Crippen molar-refractivity contribution in [3.63, 3.8) is 0 Å². The fourth-order valence-corrected chi connectivity index (χ4v) is 1.43. The van der Waals surface area contributed by atoms with Crippen LogP contribution in [0.25, 0.3) is 0 Å². The smallest absolute Gasteiger partial charge is 0.188 e. The second kappa shape index (κ2) is 4.63. The van der Waals surface area contributed by atoms with Crippen molar-refractivity contribution in [2.45, 2.75) is 0 Å². The molecule has 0 N–H and O–H groups in total. The van der Waals surface area contributed by atoms with Crippen molar-refractivity contribution in [2.75, 3.05) is 12.2 Å². The Labute approximate surface area is 92.7 Å². The van der Waals surface area contributed by atoms with Crippen molar-refractivity contribution in [3.05, 3.63) is 28.8 Å². The first-order valence-corrected chi connectivity index (χ1v) is 6.41. The van der Waals surface area contributed by atoms with Gasteiger partial charge in [-0.15, -0.1) is 0 Å². The van der Waals surface area contributed by atoms with Crippen molar-refractivity contribution in [2.24, 2.45) is 0 Å². The Morgan fingerprint density at radius 2 is 2.13 bits per heavy atom. The molecule has 1 rings (SSSR count). The minimum absolute atomic E-state index is 0.208. The van der Waals surface area contributed by atoms with Crippen molar-refractivity contribution in [1.29, 1.82) is 0 Å². The fraction of sp³-hybridized carbons (Fsp3) is 0.222. The van der Waals surface area contributed by atoms with Gasteiger partial charge in [0.1, 0.15) is 5.75 Å². The molecular weight excluding hydrogens is 240 g/mol. The standard InChI is InChI=1S/C9H9ClO4S/c1-15(12,13)6-14-9-3-2-8(10)4-7(9)5-11/h2-5H,6H2,1H3. The third-order valence-electron chi connectivity index (χ3n) is 1.53. The third-order valence-corrected chi connectivity index (χ3v) is 2.31. The van der Waals surface area contributed by atoms with E-state index in [1.165, 1.54) is 18.2 Å². The van der Waals surface area contributed by atoms with E-state index >= 15 is 0 Å². The molecule has 0 saturated carbocycles. The lowest BCUT2D eigenvalue weighted by Crippen LogP contribution is -2.10. The molecule has 15 heavy (non-hydrogen) atoms. The number of sulfone groups is 1. The molecule has 0 bridgehead atoms. The summed E-state index contributed by atoms with van der Waals surface area (Å²) in [7, 11) is -3.23. The molecule has 0 unspecified atom stereocenters. The highest BCUT2D eigenvalue weighted by atomic mass is 35.5. The van der Waals surface area contributed by atoms with E-state index in [0.717, 1.165) is 6.26 Å². The zero-order chi connectivity index (χ0) is 11.5. The normalized spacial score (nSPS) is 11.1. The predicted molar refractivity (Wildman–Crippen MR) is 57.2 cm³/mol. The number of aldehydes is 1. The zero-order valence-electron chi connectivity index (χ0n) is 7.94. The molecule has 1 aromatic carbocycles. The SMILES string of the molecule is CS(=O)(=O)COc1ccc(Cl)cc1C=O. The van der Waals surface area contributed by atoms with Crippen LogP contribution in [0, 0.1) is 0 Å². The molecule has 1 aromatic rings. The van der Waals surface area contributed by atoms with Gasteiger partial charge in [-0.25, -0.2) is 8.42 Å². The molecule has 0 aliphatic heterocycles. The summed E-state index contributed by atoms with van der Waals surface area (Å²) in [6.45, 7) is 0. The van der Waals surface area contributed by atoms with Crippen LogP contribution >= 0.6 is 11.6 Å². The molecule has 0 heterocycles. The molecule has 6 heteroatoms. The van der Waals surface area contributed by atoms with Gasteiger partial charge in [-0.05, 0) is 18.2 Å². The van der Waals surface area contributed by atoms with Crippen LogP contribution in [0.1, 0.15) is 10.4 Å². The van der Waals surface area contributed by atoms with E-state index in [4.69, 9.17) is 16.3 Å². The van der Waals surface area contributed by atoms with Crippen LogP contribution in [0.3, 0.4) is 0 Å². The molecule has 0 radical (unpaired) electrons. The van der Waals surface area contributed by atoms with E-state index in [-0.39, 0.29) is 11.3 Å². The van der Waals surface area contributed by atoms with Gasteiger partial charge in [0.15, 0.2) is 22.1 Å². The summed E-state index contributed by atoms with van der Waals surface area (Å²) in [4.78, 5) is 10.6. The van der Waals surface area contributed by atoms with E-state index in [0.29, 0.717) is 11.3 Å². The highest BCUT2D eigenvalue weighted by molar-refractivity contribution is 7.90. The Balaban J connectivity index is 2.90. The van der Waals surface area contributed by atoms with Gasteiger partial charge in [0, 0.05) is 11.3 Å².